The van der Waals surface area contributed by atoms with Gasteiger partial charge in [0.15, 0.2) is 0 Å². The first-order chi connectivity index (χ1) is 13.9. The number of carbonyl (C=O) groups is 1. The number of carbonyl (C=O) groups excluding carboxylic acids is 1. The zero-order valence-electron chi connectivity index (χ0n) is 16.5. The molecule has 1 atom stereocenters. The van der Waals surface area contributed by atoms with Gasteiger partial charge in [0.25, 0.3) is 0 Å². The second kappa shape index (κ2) is 8.55. The molecule has 8 nitrogen and oxygen atoms in total. The van der Waals surface area contributed by atoms with Gasteiger partial charge in [-0.25, -0.2) is 0 Å². The molecule has 1 N–H and O–H groups in total. The normalized spacial score (nSPS) is 11.7. The van der Waals surface area contributed by atoms with E-state index in [0.29, 0.717) is 23.7 Å². The van der Waals surface area contributed by atoms with Crippen LogP contribution in [0.4, 0.5) is 11.4 Å². The van der Waals surface area contributed by atoms with Crippen molar-refractivity contribution in [2.24, 2.45) is 0 Å². The van der Waals surface area contributed by atoms with Crippen molar-refractivity contribution in [1.82, 2.24) is 9.78 Å². The summed E-state index contributed by atoms with van der Waals surface area (Å²) in [5.41, 5.74) is 2.24. The summed E-state index contributed by atoms with van der Waals surface area (Å²) in [5.74, 6) is 0.373. The maximum atomic E-state index is 12.6. The summed E-state index contributed by atoms with van der Waals surface area (Å²) < 4.78 is 7.11. The summed E-state index contributed by atoms with van der Waals surface area (Å²) in [6, 6.07) is 16.2. The summed E-state index contributed by atoms with van der Waals surface area (Å²) in [6.07, 6.45) is 0. The van der Waals surface area contributed by atoms with Crippen LogP contribution in [0.3, 0.4) is 0 Å². The maximum absolute atomic E-state index is 12.6. The van der Waals surface area contributed by atoms with Gasteiger partial charge in [0.05, 0.1) is 4.92 Å². The number of hydrogen-bond acceptors (Lipinski definition) is 5. The molecule has 1 aromatic heterocycles. The number of benzene rings is 2. The molecule has 8 heteroatoms. The molecule has 2 aromatic carbocycles. The van der Waals surface area contributed by atoms with Crippen LogP contribution in [0.15, 0.2) is 54.6 Å². The van der Waals surface area contributed by atoms with Gasteiger partial charge in [-0.3, -0.25) is 19.6 Å². The van der Waals surface area contributed by atoms with Gasteiger partial charge >= 0.3 is 5.69 Å². The summed E-state index contributed by atoms with van der Waals surface area (Å²) in [7, 11) is 0. The Morgan fingerprint density at radius 1 is 1.17 bits per heavy atom. The van der Waals surface area contributed by atoms with E-state index in [9.17, 15) is 14.9 Å². The number of amides is 1. The van der Waals surface area contributed by atoms with Crippen LogP contribution in [0.1, 0.15) is 29.9 Å². The van der Waals surface area contributed by atoms with Gasteiger partial charge in [0, 0.05) is 5.69 Å². The predicted molar refractivity (Wildman–Crippen MR) is 109 cm³/mol. The topological polar surface area (TPSA) is 99.3 Å². The highest BCUT2D eigenvalue weighted by molar-refractivity contribution is 5.93. The van der Waals surface area contributed by atoms with Crippen molar-refractivity contribution in [2.45, 2.75) is 33.4 Å². The number of aromatic nitrogens is 2. The van der Waals surface area contributed by atoms with E-state index in [0.717, 1.165) is 5.56 Å². The number of nitrogens with one attached hydrogen (secondary N) is 1. The zero-order chi connectivity index (χ0) is 21.0. The van der Waals surface area contributed by atoms with Crippen molar-refractivity contribution in [3.63, 3.8) is 0 Å². The van der Waals surface area contributed by atoms with Crippen LogP contribution in [-0.4, -0.2) is 20.6 Å². The first-order valence-corrected chi connectivity index (χ1v) is 9.14. The standard InChI is InChI=1S/C21H22N4O4/c1-14-20(25(27)28)15(2)24(23-14)16(3)21(26)22-18-9-11-19(12-10-18)29-13-17-7-5-4-6-8-17/h4-12,16H,13H2,1-3H3,(H,22,26)/t16-/m0/s1. The molecule has 0 aliphatic rings. The van der Waals surface area contributed by atoms with Crippen molar-refractivity contribution < 1.29 is 14.5 Å². The SMILES string of the molecule is Cc1nn([C@@H](C)C(=O)Nc2ccc(OCc3ccccc3)cc2)c(C)c1[N+](=O)[O-]. The Balaban J connectivity index is 1.63. The van der Waals surface area contributed by atoms with Crippen molar-refractivity contribution in [3.05, 3.63) is 81.7 Å². The van der Waals surface area contributed by atoms with E-state index in [1.165, 1.54) is 4.68 Å². The first-order valence-electron chi connectivity index (χ1n) is 9.14. The highest BCUT2D eigenvalue weighted by Crippen LogP contribution is 2.25. The third-order valence-electron chi connectivity index (χ3n) is 4.59. The Labute approximate surface area is 168 Å². The molecule has 0 saturated heterocycles. The molecule has 0 bridgehead atoms. The molecule has 0 radical (unpaired) electrons. The van der Waals surface area contributed by atoms with E-state index < -0.39 is 11.0 Å². The number of rotatable bonds is 7. The van der Waals surface area contributed by atoms with E-state index in [2.05, 4.69) is 10.4 Å². The summed E-state index contributed by atoms with van der Waals surface area (Å²) in [4.78, 5) is 23.3. The molecule has 1 amide bonds. The lowest BCUT2D eigenvalue weighted by Gasteiger charge is -2.14. The third kappa shape index (κ3) is 4.60. The Bertz CT molecular complexity index is 1010. The second-order valence-corrected chi connectivity index (χ2v) is 6.68. The van der Waals surface area contributed by atoms with Gasteiger partial charge in [-0.15, -0.1) is 0 Å². The van der Waals surface area contributed by atoms with Crippen LogP contribution >= 0.6 is 0 Å². The van der Waals surface area contributed by atoms with Gasteiger partial charge in [-0.05, 0) is 50.6 Å². The van der Waals surface area contributed by atoms with E-state index in [-0.39, 0.29) is 17.3 Å². The minimum Gasteiger partial charge on any atom is -0.489 e. The minimum atomic E-state index is -0.698. The fourth-order valence-corrected chi connectivity index (χ4v) is 3.03. The van der Waals surface area contributed by atoms with Crippen molar-refractivity contribution in [2.75, 3.05) is 5.32 Å². The molecule has 0 fully saturated rings. The zero-order valence-corrected chi connectivity index (χ0v) is 16.5. The molecule has 0 aliphatic carbocycles. The van der Waals surface area contributed by atoms with Gasteiger partial charge in [-0.2, -0.15) is 5.10 Å². The van der Waals surface area contributed by atoms with Crippen molar-refractivity contribution >= 4 is 17.3 Å². The van der Waals surface area contributed by atoms with Crippen LogP contribution in [0, 0.1) is 24.0 Å². The first kappa shape index (κ1) is 20.1. The number of hydrogen-bond donors (Lipinski definition) is 1. The molecule has 0 saturated carbocycles. The van der Waals surface area contributed by atoms with Gasteiger partial charge in [-0.1, -0.05) is 30.3 Å². The highest BCUT2D eigenvalue weighted by Gasteiger charge is 2.27. The Hall–Kier alpha value is -3.68. The van der Waals surface area contributed by atoms with Crippen LogP contribution < -0.4 is 10.1 Å². The van der Waals surface area contributed by atoms with Gasteiger partial charge in [0.1, 0.15) is 29.8 Å². The largest absolute Gasteiger partial charge is 0.489 e. The molecule has 3 aromatic rings. The molecule has 3 rings (SSSR count). The fraction of sp³-hybridized carbons (Fsp3) is 0.238. The van der Waals surface area contributed by atoms with Crippen molar-refractivity contribution in [3.8, 4) is 5.75 Å². The predicted octanol–water partition coefficient (Wildman–Crippen LogP) is 4.19. The highest BCUT2D eigenvalue weighted by atomic mass is 16.6. The molecule has 0 spiro atoms. The Kier molecular flexibility index (Phi) is 5.92. The fourth-order valence-electron chi connectivity index (χ4n) is 3.03. The lowest BCUT2D eigenvalue weighted by atomic mass is 10.2. The summed E-state index contributed by atoms with van der Waals surface area (Å²) in [5, 5.41) is 18.1. The van der Waals surface area contributed by atoms with E-state index in [1.807, 2.05) is 30.3 Å². The van der Waals surface area contributed by atoms with E-state index >= 15 is 0 Å². The Morgan fingerprint density at radius 3 is 2.41 bits per heavy atom. The van der Waals surface area contributed by atoms with E-state index in [1.54, 1.807) is 45.0 Å². The molecular weight excluding hydrogens is 372 g/mol. The van der Waals surface area contributed by atoms with Gasteiger partial charge < -0.3 is 10.1 Å². The third-order valence-corrected chi connectivity index (χ3v) is 4.59. The summed E-state index contributed by atoms with van der Waals surface area (Å²) in [6.45, 7) is 5.25. The molecule has 29 heavy (non-hydrogen) atoms. The second-order valence-electron chi connectivity index (χ2n) is 6.68. The number of nitro groups is 1. The molecule has 0 aliphatic heterocycles. The molecular formula is C21H22N4O4. The number of ether oxygens (including phenoxy) is 1. The van der Waals surface area contributed by atoms with Crippen LogP contribution in [0.25, 0.3) is 0 Å². The number of nitrogens with zero attached hydrogens (tertiary/aromatic N) is 3. The minimum absolute atomic E-state index is 0.0652. The van der Waals surface area contributed by atoms with Crippen LogP contribution in [0.5, 0.6) is 5.75 Å². The molecule has 150 valence electrons. The number of anilines is 1. The van der Waals surface area contributed by atoms with E-state index in [4.69, 9.17) is 4.74 Å². The van der Waals surface area contributed by atoms with Gasteiger partial charge in [0.2, 0.25) is 5.91 Å². The smallest absolute Gasteiger partial charge is 0.312 e. The lowest BCUT2D eigenvalue weighted by Crippen LogP contribution is -2.25. The molecule has 1 heterocycles. The van der Waals surface area contributed by atoms with Crippen LogP contribution in [0.2, 0.25) is 0 Å². The van der Waals surface area contributed by atoms with Crippen LogP contribution in [-0.2, 0) is 11.4 Å². The maximum Gasteiger partial charge on any atom is 0.312 e. The quantitative estimate of drug-likeness (QED) is 0.478. The monoisotopic (exact) mass is 394 g/mol. The average molecular weight is 394 g/mol. The average Bonchev–Trinajstić information content (AvgIpc) is 3.01. The lowest BCUT2D eigenvalue weighted by molar-refractivity contribution is -0.386. The summed E-state index contributed by atoms with van der Waals surface area (Å²) >= 11 is 0. The van der Waals surface area contributed by atoms with Crippen molar-refractivity contribution in [1.29, 1.82) is 0 Å². The number of aryl methyl sites for hydroxylation is 1. The molecule has 0 unspecified atom stereocenters. The Morgan fingerprint density at radius 2 is 1.83 bits per heavy atom.